The van der Waals surface area contributed by atoms with Crippen LogP contribution in [0.2, 0.25) is 0 Å². The predicted octanol–water partition coefficient (Wildman–Crippen LogP) is 2.35. The third-order valence-electron chi connectivity index (χ3n) is 2.09. The van der Waals surface area contributed by atoms with Gasteiger partial charge in [-0.15, -0.1) is 0 Å². The first-order chi connectivity index (χ1) is 6.50. The molecular formula is C11H20O3. The maximum Gasteiger partial charge on any atom is 0.311 e. The molecule has 0 radical (unpaired) electrons. The van der Waals surface area contributed by atoms with E-state index in [0.717, 1.165) is 12.8 Å². The standard InChI is InChI=1S/C11H20O3/c1-7(2)11(13-8(3)4)14-10(12)9-5-6-9/h7-9,11H,5-6H2,1-4H3. The van der Waals surface area contributed by atoms with Crippen molar-refractivity contribution >= 4 is 5.97 Å². The Morgan fingerprint density at radius 2 is 1.79 bits per heavy atom. The maximum atomic E-state index is 11.4. The summed E-state index contributed by atoms with van der Waals surface area (Å²) in [4.78, 5) is 11.4. The van der Waals surface area contributed by atoms with E-state index in [-0.39, 0.29) is 30.2 Å². The number of hydrogen-bond donors (Lipinski definition) is 0. The van der Waals surface area contributed by atoms with Gasteiger partial charge in [0, 0.05) is 5.92 Å². The molecule has 0 aromatic heterocycles. The number of carbonyl (C=O) groups excluding carboxylic acids is 1. The lowest BCUT2D eigenvalue weighted by Gasteiger charge is -2.23. The first kappa shape index (κ1) is 11.5. The Bertz CT molecular complexity index is 195. The van der Waals surface area contributed by atoms with Crippen molar-refractivity contribution in [2.75, 3.05) is 0 Å². The summed E-state index contributed by atoms with van der Waals surface area (Å²) in [6.07, 6.45) is 1.66. The van der Waals surface area contributed by atoms with Crippen LogP contribution in [0.25, 0.3) is 0 Å². The van der Waals surface area contributed by atoms with Crippen LogP contribution in [0.1, 0.15) is 40.5 Å². The summed E-state index contributed by atoms with van der Waals surface area (Å²) in [7, 11) is 0. The molecule has 1 aliphatic carbocycles. The van der Waals surface area contributed by atoms with E-state index in [0.29, 0.717) is 0 Å². The van der Waals surface area contributed by atoms with Gasteiger partial charge in [-0.1, -0.05) is 13.8 Å². The second-order valence-corrected chi connectivity index (χ2v) is 4.51. The second-order valence-electron chi connectivity index (χ2n) is 4.51. The summed E-state index contributed by atoms with van der Waals surface area (Å²) in [6.45, 7) is 7.88. The largest absolute Gasteiger partial charge is 0.435 e. The van der Waals surface area contributed by atoms with Gasteiger partial charge >= 0.3 is 5.97 Å². The molecule has 0 aromatic carbocycles. The van der Waals surface area contributed by atoms with Crippen LogP contribution in [0, 0.1) is 11.8 Å². The lowest BCUT2D eigenvalue weighted by molar-refractivity contribution is -0.199. The molecule has 14 heavy (non-hydrogen) atoms. The molecule has 1 saturated carbocycles. The molecule has 0 spiro atoms. The van der Waals surface area contributed by atoms with Crippen molar-refractivity contribution in [1.82, 2.24) is 0 Å². The van der Waals surface area contributed by atoms with E-state index in [1.807, 2.05) is 27.7 Å². The van der Waals surface area contributed by atoms with E-state index < -0.39 is 0 Å². The Balaban J connectivity index is 2.37. The van der Waals surface area contributed by atoms with E-state index in [1.54, 1.807) is 0 Å². The third-order valence-corrected chi connectivity index (χ3v) is 2.09. The minimum Gasteiger partial charge on any atom is -0.435 e. The summed E-state index contributed by atoms with van der Waals surface area (Å²) >= 11 is 0. The van der Waals surface area contributed by atoms with Crippen LogP contribution < -0.4 is 0 Å². The Morgan fingerprint density at radius 3 is 2.14 bits per heavy atom. The molecule has 1 fully saturated rings. The summed E-state index contributed by atoms with van der Waals surface area (Å²) in [5, 5.41) is 0. The average Bonchev–Trinajstić information content (AvgIpc) is 2.83. The van der Waals surface area contributed by atoms with Crippen molar-refractivity contribution < 1.29 is 14.3 Å². The van der Waals surface area contributed by atoms with Gasteiger partial charge in [-0.25, -0.2) is 0 Å². The molecule has 1 aliphatic rings. The molecule has 1 atom stereocenters. The first-order valence-corrected chi connectivity index (χ1v) is 5.36. The van der Waals surface area contributed by atoms with Gasteiger partial charge in [0.15, 0.2) is 0 Å². The molecule has 0 amide bonds. The molecule has 0 N–H and O–H groups in total. The Labute approximate surface area is 85.8 Å². The van der Waals surface area contributed by atoms with E-state index in [1.165, 1.54) is 0 Å². The number of carbonyl (C=O) groups is 1. The molecule has 1 rings (SSSR count). The van der Waals surface area contributed by atoms with Crippen molar-refractivity contribution in [3.63, 3.8) is 0 Å². The van der Waals surface area contributed by atoms with E-state index in [9.17, 15) is 4.79 Å². The first-order valence-electron chi connectivity index (χ1n) is 5.36. The quantitative estimate of drug-likeness (QED) is 0.505. The van der Waals surface area contributed by atoms with E-state index in [4.69, 9.17) is 9.47 Å². The van der Waals surface area contributed by atoms with Crippen LogP contribution in [0.3, 0.4) is 0 Å². The van der Waals surface area contributed by atoms with Crippen LogP contribution in [-0.4, -0.2) is 18.4 Å². The van der Waals surface area contributed by atoms with Crippen LogP contribution >= 0.6 is 0 Å². The molecule has 0 saturated heterocycles. The maximum absolute atomic E-state index is 11.4. The lowest BCUT2D eigenvalue weighted by Crippen LogP contribution is -2.29. The molecule has 82 valence electrons. The fraction of sp³-hybridized carbons (Fsp3) is 0.909. The van der Waals surface area contributed by atoms with Crippen molar-refractivity contribution in [3.8, 4) is 0 Å². The highest BCUT2D eigenvalue weighted by Gasteiger charge is 2.33. The van der Waals surface area contributed by atoms with Gasteiger partial charge < -0.3 is 9.47 Å². The molecule has 0 heterocycles. The predicted molar refractivity (Wildman–Crippen MR) is 53.7 cm³/mol. The Morgan fingerprint density at radius 1 is 1.21 bits per heavy atom. The summed E-state index contributed by atoms with van der Waals surface area (Å²) in [5.41, 5.74) is 0. The number of hydrogen-bond acceptors (Lipinski definition) is 3. The van der Waals surface area contributed by atoms with Crippen molar-refractivity contribution in [3.05, 3.63) is 0 Å². The molecule has 0 bridgehead atoms. The fourth-order valence-corrected chi connectivity index (χ4v) is 1.12. The molecule has 3 heteroatoms. The highest BCUT2D eigenvalue weighted by molar-refractivity contribution is 5.75. The van der Waals surface area contributed by atoms with Gasteiger partial charge in [0.25, 0.3) is 0 Å². The molecule has 1 unspecified atom stereocenters. The minimum atomic E-state index is -0.386. The molecule has 3 nitrogen and oxygen atoms in total. The monoisotopic (exact) mass is 200 g/mol. The Kier molecular flexibility index (Phi) is 3.93. The fourth-order valence-electron chi connectivity index (χ4n) is 1.12. The number of esters is 1. The zero-order valence-corrected chi connectivity index (χ0v) is 9.45. The summed E-state index contributed by atoms with van der Waals surface area (Å²) in [5.74, 6) is 0.261. The Hall–Kier alpha value is -0.570. The lowest BCUT2D eigenvalue weighted by atomic mass is 10.2. The van der Waals surface area contributed by atoms with Gasteiger partial charge in [0.2, 0.25) is 6.29 Å². The van der Waals surface area contributed by atoms with Gasteiger partial charge in [0.05, 0.1) is 12.0 Å². The van der Waals surface area contributed by atoms with Crippen molar-refractivity contribution in [2.24, 2.45) is 11.8 Å². The zero-order valence-electron chi connectivity index (χ0n) is 9.45. The van der Waals surface area contributed by atoms with Crippen LogP contribution in [-0.2, 0) is 14.3 Å². The van der Waals surface area contributed by atoms with Crippen LogP contribution in [0.5, 0.6) is 0 Å². The average molecular weight is 200 g/mol. The number of ether oxygens (including phenoxy) is 2. The minimum absolute atomic E-state index is 0.0920. The van der Waals surface area contributed by atoms with Crippen molar-refractivity contribution in [1.29, 1.82) is 0 Å². The molecular weight excluding hydrogens is 180 g/mol. The van der Waals surface area contributed by atoms with Gasteiger partial charge in [-0.2, -0.15) is 0 Å². The van der Waals surface area contributed by atoms with E-state index in [2.05, 4.69) is 0 Å². The SMILES string of the molecule is CC(C)OC(OC(=O)C1CC1)C(C)C. The molecule has 0 aliphatic heterocycles. The highest BCUT2D eigenvalue weighted by atomic mass is 16.7. The van der Waals surface area contributed by atoms with Crippen LogP contribution in [0.4, 0.5) is 0 Å². The van der Waals surface area contributed by atoms with E-state index >= 15 is 0 Å². The highest BCUT2D eigenvalue weighted by Crippen LogP contribution is 2.31. The molecule has 0 aromatic rings. The van der Waals surface area contributed by atoms with Gasteiger partial charge in [-0.05, 0) is 26.7 Å². The summed E-state index contributed by atoms with van der Waals surface area (Å²) < 4.78 is 10.8. The zero-order chi connectivity index (χ0) is 10.7. The normalized spacial score (nSPS) is 18.7. The van der Waals surface area contributed by atoms with Gasteiger partial charge in [-0.3, -0.25) is 4.79 Å². The number of rotatable bonds is 5. The van der Waals surface area contributed by atoms with Crippen LogP contribution in [0.15, 0.2) is 0 Å². The summed E-state index contributed by atoms with van der Waals surface area (Å²) in [6, 6.07) is 0. The second kappa shape index (κ2) is 4.78. The smallest absolute Gasteiger partial charge is 0.311 e. The third kappa shape index (κ3) is 3.66. The van der Waals surface area contributed by atoms with Gasteiger partial charge in [0.1, 0.15) is 0 Å². The topological polar surface area (TPSA) is 35.5 Å². The van der Waals surface area contributed by atoms with Crippen molar-refractivity contribution in [2.45, 2.75) is 52.9 Å².